The van der Waals surface area contributed by atoms with Gasteiger partial charge in [0.25, 0.3) is 0 Å². The number of carbonyl (C=O) groups is 2. The highest BCUT2D eigenvalue weighted by molar-refractivity contribution is 6.32. The zero-order chi connectivity index (χ0) is 11.4. The lowest BCUT2D eigenvalue weighted by Gasteiger charge is -2.05. The summed E-state index contributed by atoms with van der Waals surface area (Å²) < 4.78 is 0. The summed E-state index contributed by atoms with van der Waals surface area (Å²) in [6, 6.07) is 1.60. The third-order valence-corrected chi connectivity index (χ3v) is 2.32. The molecule has 0 amide bonds. The van der Waals surface area contributed by atoms with Crippen molar-refractivity contribution in [2.24, 2.45) is 0 Å². The van der Waals surface area contributed by atoms with E-state index < -0.39 is 0 Å². The monoisotopic (exact) mass is 225 g/mol. The Kier molecular flexibility index (Phi) is 3.97. The molecule has 15 heavy (non-hydrogen) atoms. The average Bonchev–Trinajstić information content (AvgIpc) is 2.17. The molecule has 0 aliphatic carbocycles. The lowest BCUT2D eigenvalue weighted by molar-refractivity contribution is 0.0975. The molecule has 0 unspecified atom stereocenters. The first-order valence-corrected chi connectivity index (χ1v) is 5.13. The smallest absolute Gasteiger partial charge is 0.163 e. The molecule has 4 heteroatoms. The Labute approximate surface area is 93.5 Å². The standard InChI is InChI=1S/C11H12ClNO2/c1-3-4-10(15)8-5-7(2)13-11(12)9(8)6-14/h5-6H,3-4H2,1-2H3. The van der Waals surface area contributed by atoms with Crippen molar-refractivity contribution in [1.82, 2.24) is 4.98 Å². The van der Waals surface area contributed by atoms with Crippen LogP contribution in [0.3, 0.4) is 0 Å². The zero-order valence-corrected chi connectivity index (χ0v) is 9.47. The lowest BCUT2D eigenvalue weighted by atomic mass is 10.0. The Balaban J connectivity index is 3.26. The Morgan fingerprint density at radius 3 is 2.80 bits per heavy atom. The number of carbonyl (C=O) groups excluding carboxylic acids is 2. The summed E-state index contributed by atoms with van der Waals surface area (Å²) in [5.74, 6) is -0.0630. The highest BCUT2D eigenvalue weighted by Crippen LogP contribution is 2.19. The molecule has 0 N–H and O–H groups in total. The first-order chi connectivity index (χ1) is 7.10. The van der Waals surface area contributed by atoms with E-state index in [2.05, 4.69) is 4.98 Å². The van der Waals surface area contributed by atoms with Gasteiger partial charge in [0.1, 0.15) is 5.15 Å². The van der Waals surface area contributed by atoms with E-state index in [4.69, 9.17) is 11.6 Å². The molecule has 0 fully saturated rings. The van der Waals surface area contributed by atoms with Gasteiger partial charge in [-0.2, -0.15) is 0 Å². The van der Waals surface area contributed by atoms with Gasteiger partial charge in [0.2, 0.25) is 0 Å². The topological polar surface area (TPSA) is 47.0 Å². The van der Waals surface area contributed by atoms with Crippen LogP contribution in [0.5, 0.6) is 0 Å². The first kappa shape index (κ1) is 11.9. The van der Waals surface area contributed by atoms with E-state index in [1.165, 1.54) is 0 Å². The van der Waals surface area contributed by atoms with Crippen LogP contribution in [-0.4, -0.2) is 17.1 Å². The number of hydrogen-bond acceptors (Lipinski definition) is 3. The maximum absolute atomic E-state index is 11.7. The Morgan fingerprint density at radius 2 is 2.27 bits per heavy atom. The summed E-state index contributed by atoms with van der Waals surface area (Å²) in [5.41, 5.74) is 1.22. The predicted molar refractivity (Wildman–Crippen MR) is 58.6 cm³/mol. The van der Waals surface area contributed by atoms with Crippen molar-refractivity contribution in [2.75, 3.05) is 0 Å². The van der Waals surface area contributed by atoms with Crippen LogP contribution in [0.1, 0.15) is 46.2 Å². The maximum atomic E-state index is 11.7. The molecule has 0 bridgehead atoms. The van der Waals surface area contributed by atoms with Crippen LogP contribution < -0.4 is 0 Å². The number of aromatic nitrogens is 1. The second-order valence-electron chi connectivity index (χ2n) is 3.31. The number of pyridine rings is 1. The summed E-state index contributed by atoms with van der Waals surface area (Å²) >= 11 is 5.78. The number of halogens is 1. The van der Waals surface area contributed by atoms with E-state index in [9.17, 15) is 9.59 Å². The number of hydrogen-bond donors (Lipinski definition) is 0. The van der Waals surface area contributed by atoms with Crippen molar-refractivity contribution >= 4 is 23.7 Å². The molecule has 0 aliphatic heterocycles. The Morgan fingerprint density at radius 1 is 1.60 bits per heavy atom. The van der Waals surface area contributed by atoms with Crippen molar-refractivity contribution in [1.29, 1.82) is 0 Å². The molecule has 1 heterocycles. The highest BCUT2D eigenvalue weighted by atomic mass is 35.5. The largest absolute Gasteiger partial charge is 0.298 e. The van der Waals surface area contributed by atoms with Crippen LogP contribution in [0, 0.1) is 6.92 Å². The van der Waals surface area contributed by atoms with Gasteiger partial charge in [-0.25, -0.2) is 4.98 Å². The summed E-state index contributed by atoms with van der Waals surface area (Å²) in [6.45, 7) is 3.65. The molecule has 0 aromatic carbocycles. The van der Waals surface area contributed by atoms with Gasteiger partial charge in [0.15, 0.2) is 12.1 Å². The second kappa shape index (κ2) is 5.03. The maximum Gasteiger partial charge on any atom is 0.163 e. The Hall–Kier alpha value is -1.22. The molecule has 1 aromatic rings. The van der Waals surface area contributed by atoms with Crippen molar-refractivity contribution in [3.63, 3.8) is 0 Å². The lowest BCUT2D eigenvalue weighted by Crippen LogP contribution is -2.05. The molecular weight excluding hydrogens is 214 g/mol. The number of aldehydes is 1. The fourth-order valence-electron chi connectivity index (χ4n) is 1.35. The van der Waals surface area contributed by atoms with Gasteiger partial charge in [0, 0.05) is 17.7 Å². The van der Waals surface area contributed by atoms with Crippen LogP contribution in [0.15, 0.2) is 6.07 Å². The SMILES string of the molecule is CCCC(=O)c1cc(C)nc(Cl)c1C=O. The molecule has 80 valence electrons. The molecule has 0 saturated carbocycles. The fraction of sp³-hybridized carbons (Fsp3) is 0.364. The second-order valence-corrected chi connectivity index (χ2v) is 3.66. The minimum absolute atomic E-state index is 0.0630. The molecule has 1 rings (SSSR count). The number of ketones is 1. The molecule has 3 nitrogen and oxygen atoms in total. The van der Waals surface area contributed by atoms with Crippen LogP contribution in [0.25, 0.3) is 0 Å². The van der Waals surface area contributed by atoms with Crippen molar-refractivity contribution in [3.05, 3.63) is 28.0 Å². The summed E-state index contributed by atoms with van der Waals surface area (Å²) in [4.78, 5) is 26.4. The summed E-state index contributed by atoms with van der Waals surface area (Å²) in [7, 11) is 0. The molecule has 0 saturated heterocycles. The van der Waals surface area contributed by atoms with Crippen molar-refractivity contribution in [3.8, 4) is 0 Å². The summed E-state index contributed by atoms with van der Waals surface area (Å²) in [5, 5.41) is 0.101. The van der Waals surface area contributed by atoms with E-state index in [0.717, 1.165) is 6.42 Å². The molecule has 0 spiro atoms. The van der Waals surface area contributed by atoms with E-state index in [-0.39, 0.29) is 16.5 Å². The van der Waals surface area contributed by atoms with Crippen LogP contribution in [0.2, 0.25) is 5.15 Å². The molecule has 0 radical (unpaired) electrons. The van der Waals surface area contributed by atoms with Gasteiger partial charge in [0.05, 0.1) is 5.56 Å². The van der Waals surface area contributed by atoms with Gasteiger partial charge in [-0.3, -0.25) is 9.59 Å². The quantitative estimate of drug-likeness (QED) is 0.450. The fourth-order valence-corrected chi connectivity index (χ4v) is 1.63. The van der Waals surface area contributed by atoms with Crippen molar-refractivity contribution in [2.45, 2.75) is 26.7 Å². The molecule has 0 aliphatic rings. The average molecular weight is 226 g/mol. The number of rotatable bonds is 4. The molecular formula is C11H12ClNO2. The third-order valence-electron chi connectivity index (χ3n) is 2.04. The summed E-state index contributed by atoms with van der Waals surface area (Å²) in [6.07, 6.45) is 1.74. The molecule has 1 aromatic heterocycles. The van der Waals surface area contributed by atoms with Gasteiger partial charge >= 0.3 is 0 Å². The third kappa shape index (κ3) is 2.63. The van der Waals surface area contributed by atoms with E-state index in [0.29, 0.717) is 24.0 Å². The minimum atomic E-state index is -0.0630. The first-order valence-electron chi connectivity index (χ1n) is 4.75. The molecule has 0 atom stereocenters. The zero-order valence-electron chi connectivity index (χ0n) is 8.71. The predicted octanol–water partition coefficient (Wildman–Crippen LogP) is 2.84. The highest BCUT2D eigenvalue weighted by Gasteiger charge is 2.14. The van der Waals surface area contributed by atoms with E-state index in [1.54, 1.807) is 13.0 Å². The van der Waals surface area contributed by atoms with E-state index in [1.807, 2.05) is 6.92 Å². The Bertz CT molecular complexity index is 402. The van der Waals surface area contributed by atoms with Gasteiger partial charge < -0.3 is 0 Å². The van der Waals surface area contributed by atoms with Crippen molar-refractivity contribution < 1.29 is 9.59 Å². The van der Waals surface area contributed by atoms with Crippen LogP contribution >= 0.6 is 11.6 Å². The van der Waals surface area contributed by atoms with Gasteiger partial charge in [-0.05, 0) is 19.4 Å². The normalized spacial score (nSPS) is 10.1. The van der Waals surface area contributed by atoms with E-state index >= 15 is 0 Å². The van der Waals surface area contributed by atoms with Gasteiger partial charge in [-0.1, -0.05) is 18.5 Å². The van der Waals surface area contributed by atoms with Gasteiger partial charge in [-0.15, -0.1) is 0 Å². The van der Waals surface area contributed by atoms with Crippen LogP contribution in [-0.2, 0) is 0 Å². The number of nitrogens with zero attached hydrogens (tertiary/aromatic N) is 1. The minimum Gasteiger partial charge on any atom is -0.298 e. The number of Topliss-reactive ketones (excluding diaryl/α,β-unsaturated/α-hetero) is 1. The van der Waals surface area contributed by atoms with Crippen LogP contribution in [0.4, 0.5) is 0 Å². The number of aryl methyl sites for hydroxylation is 1.